The van der Waals surface area contributed by atoms with Gasteiger partial charge in [0.1, 0.15) is 0 Å². The van der Waals surface area contributed by atoms with Crippen LogP contribution in [0.2, 0.25) is 8.87 Å². The summed E-state index contributed by atoms with van der Waals surface area (Å²) in [6, 6.07) is 16.9. The summed E-state index contributed by atoms with van der Waals surface area (Å²) in [4.78, 5) is 0.884. The summed E-state index contributed by atoms with van der Waals surface area (Å²) in [5, 5.41) is 0. The molecule has 2 atom stereocenters. The normalized spacial score (nSPS) is 12.0. The monoisotopic (exact) mass is 518 g/mol. The Hall–Kier alpha value is -0.541. The quantitative estimate of drug-likeness (QED) is 0.269. The molecule has 0 aliphatic rings. The molecule has 0 heterocycles. The van der Waals surface area contributed by atoms with Crippen LogP contribution in [0.5, 0.6) is 0 Å². The van der Waals surface area contributed by atoms with Crippen LogP contribution in [-0.4, -0.2) is 38.7 Å². The van der Waals surface area contributed by atoms with E-state index < -0.39 is 22.2 Å². The maximum Gasteiger partial charge on any atom is 0.186 e. The van der Waals surface area contributed by atoms with Gasteiger partial charge >= 0.3 is 69.5 Å². The number of unbranched alkanes of at least 4 members (excludes halogenated alkanes) is 2. The van der Waals surface area contributed by atoms with Gasteiger partial charge in [0.05, 0.1) is 9.79 Å². The Labute approximate surface area is 179 Å². The fourth-order valence-corrected chi connectivity index (χ4v) is 6.74. The summed E-state index contributed by atoms with van der Waals surface area (Å²) < 4.78 is 40.9. The molecular formula is C20H30O4S2Sn. The summed E-state index contributed by atoms with van der Waals surface area (Å²) in [6.07, 6.45) is 5.84. The summed E-state index contributed by atoms with van der Waals surface area (Å²) in [5.41, 5.74) is 0. The Morgan fingerprint density at radius 3 is 1.26 bits per heavy atom. The third kappa shape index (κ3) is 16.1. The van der Waals surface area contributed by atoms with Crippen LogP contribution < -0.4 is 0 Å². The van der Waals surface area contributed by atoms with Gasteiger partial charge in [-0.25, -0.2) is 8.42 Å². The van der Waals surface area contributed by atoms with Crippen molar-refractivity contribution in [3.8, 4) is 0 Å². The van der Waals surface area contributed by atoms with Crippen LogP contribution in [0.1, 0.15) is 39.5 Å². The van der Waals surface area contributed by atoms with Crippen molar-refractivity contribution in [3.63, 3.8) is 0 Å². The van der Waals surface area contributed by atoms with Gasteiger partial charge in [0.15, 0.2) is 22.2 Å². The maximum atomic E-state index is 10.3. The summed E-state index contributed by atoms with van der Waals surface area (Å²) >= 11 is -3.51. The van der Waals surface area contributed by atoms with Gasteiger partial charge in [-0.1, -0.05) is 36.4 Å². The Morgan fingerprint density at radius 2 is 1.04 bits per heavy atom. The van der Waals surface area contributed by atoms with E-state index in [0.29, 0.717) is 9.79 Å². The summed E-state index contributed by atoms with van der Waals surface area (Å²) in [5.74, 6) is 0. The first kappa shape index (κ1) is 26.5. The van der Waals surface area contributed by atoms with E-state index in [-0.39, 0.29) is 21.1 Å². The molecule has 0 bridgehead atoms. The zero-order valence-electron chi connectivity index (χ0n) is 16.0. The number of hydrogen-bond acceptors (Lipinski definition) is 2. The van der Waals surface area contributed by atoms with Crippen LogP contribution in [0, 0.1) is 0 Å². The molecule has 2 N–H and O–H groups in total. The van der Waals surface area contributed by atoms with Gasteiger partial charge in [-0.05, 0) is 24.3 Å². The predicted octanol–water partition coefficient (Wildman–Crippen LogP) is 5.66. The van der Waals surface area contributed by atoms with Crippen molar-refractivity contribution in [2.45, 2.75) is 58.2 Å². The molecule has 0 saturated heterocycles. The van der Waals surface area contributed by atoms with E-state index in [1.54, 1.807) is 69.5 Å². The molecule has 0 saturated carbocycles. The minimum atomic E-state index is -1.83. The topological polar surface area (TPSA) is 74.6 Å². The number of benzene rings is 2. The Morgan fingerprint density at radius 1 is 0.704 bits per heavy atom. The van der Waals surface area contributed by atoms with Crippen LogP contribution in [-0.2, 0) is 22.2 Å². The second kappa shape index (κ2) is 18.8. The van der Waals surface area contributed by atoms with Crippen molar-refractivity contribution >= 4 is 43.3 Å². The molecule has 0 spiro atoms. The fourth-order valence-electron chi connectivity index (χ4n) is 1.80. The molecule has 2 rings (SSSR count). The maximum absolute atomic E-state index is 10.3. The van der Waals surface area contributed by atoms with E-state index in [1.807, 2.05) is 0 Å². The number of rotatable bonds is 8. The first-order valence-electron chi connectivity index (χ1n) is 9.05. The van der Waals surface area contributed by atoms with Gasteiger partial charge < -0.3 is 9.11 Å². The predicted molar refractivity (Wildman–Crippen MR) is 116 cm³/mol. The van der Waals surface area contributed by atoms with E-state index in [2.05, 4.69) is 13.8 Å². The minimum absolute atomic E-state index is 0.149. The van der Waals surface area contributed by atoms with Crippen LogP contribution >= 0.6 is 0 Å². The first-order valence-corrected chi connectivity index (χ1v) is 15.3. The van der Waals surface area contributed by atoms with Crippen LogP contribution in [0.25, 0.3) is 0 Å². The van der Waals surface area contributed by atoms with Crippen molar-refractivity contribution < 1.29 is 17.5 Å². The molecule has 4 nitrogen and oxygen atoms in total. The zero-order chi connectivity index (χ0) is 20.3. The molecule has 0 aliphatic heterocycles. The molecule has 2 aromatic rings. The van der Waals surface area contributed by atoms with Gasteiger partial charge in [-0.15, -0.1) is 0 Å². The molecule has 0 amide bonds. The van der Waals surface area contributed by atoms with E-state index >= 15 is 0 Å². The van der Waals surface area contributed by atoms with Gasteiger partial charge in [0, 0.05) is 0 Å². The molecule has 2 aromatic carbocycles. The molecular weight excluding hydrogens is 487 g/mol. The van der Waals surface area contributed by atoms with E-state index in [4.69, 9.17) is 9.11 Å². The Kier molecular flexibility index (Phi) is 18.4. The average Bonchev–Trinajstić information content (AvgIpc) is 2.70. The van der Waals surface area contributed by atoms with Gasteiger partial charge in [0.25, 0.3) is 0 Å². The number of hydrogen-bond donors (Lipinski definition) is 2. The van der Waals surface area contributed by atoms with Crippen LogP contribution in [0.4, 0.5) is 0 Å². The smallest absolute Gasteiger partial charge is 0.186 e. The molecule has 2 radical (unpaired) electrons. The van der Waals surface area contributed by atoms with Crippen molar-refractivity contribution in [1.82, 2.24) is 0 Å². The van der Waals surface area contributed by atoms with Crippen molar-refractivity contribution in [3.05, 3.63) is 60.7 Å². The van der Waals surface area contributed by atoms with Crippen LogP contribution in [0.3, 0.4) is 0 Å². The second-order valence-electron chi connectivity index (χ2n) is 5.58. The van der Waals surface area contributed by atoms with Gasteiger partial charge in [-0.2, -0.15) is 0 Å². The molecule has 7 heteroatoms. The molecule has 0 aliphatic carbocycles. The standard InChI is InChI=1S/2C6H6O2S.2C4H9.Sn/c2*7-9(8)6-4-2-1-3-5-6;2*1-3-4-2;/h2*1-5H,(H,7,8);2*1,3-4H2,2H3;. The van der Waals surface area contributed by atoms with E-state index in [0.717, 1.165) is 0 Å². The second-order valence-corrected chi connectivity index (χ2v) is 11.8. The van der Waals surface area contributed by atoms with Crippen molar-refractivity contribution in [2.75, 3.05) is 0 Å². The van der Waals surface area contributed by atoms with Crippen molar-refractivity contribution in [2.24, 2.45) is 0 Å². The largest absolute Gasteiger partial charge is 0.302 e. The van der Waals surface area contributed by atoms with E-state index in [1.165, 1.54) is 25.7 Å². The Bertz CT molecular complexity index is 569. The zero-order valence-corrected chi connectivity index (χ0v) is 20.5. The van der Waals surface area contributed by atoms with Gasteiger partial charge in [0.2, 0.25) is 0 Å². The molecule has 0 fully saturated rings. The van der Waals surface area contributed by atoms with Crippen LogP contribution in [0.15, 0.2) is 70.5 Å². The Balaban J connectivity index is 0.000000376. The SMILES string of the molecule is CCC[CH2][Sn][CH2]CCC.O=S(O)c1ccccc1.O=S(O)c1ccccc1. The molecule has 0 aromatic heterocycles. The molecule has 2 unspecified atom stereocenters. The third-order valence-electron chi connectivity index (χ3n) is 3.30. The average molecular weight is 517 g/mol. The summed E-state index contributed by atoms with van der Waals surface area (Å²) in [6.45, 7) is 4.58. The van der Waals surface area contributed by atoms with E-state index in [9.17, 15) is 8.42 Å². The fraction of sp³-hybridized carbons (Fsp3) is 0.400. The molecule has 27 heavy (non-hydrogen) atoms. The summed E-state index contributed by atoms with van der Waals surface area (Å²) in [7, 11) is 0. The van der Waals surface area contributed by atoms with Gasteiger partial charge in [-0.3, -0.25) is 0 Å². The third-order valence-corrected chi connectivity index (χ3v) is 8.69. The first-order chi connectivity index (χ1) is 13.0. The van der Waals surface area contributed by atoms with Crippen molar-refractivity contribution in [1.29, 1.82) is 0 Å². The molecule has 150 valence electrons. The minimum Gasteiger partial charge on any atom is -0.302 e.